The van der Waals surface area contributed by atoms with Gasteiger partial charge in [0.1, 0.15) is 36.1 Å². The normalized spacial score (nSPS) is 27.4. The van der Waals surface area contributed by atoms with E-state index < -0.39 is 38.5 Å². The Morgan fingerprint density at radius 2 is 2.00 bits per heavy atom. The molecule has 11 nitrogen and oxygen atoms in total. The molecule has 0 aromatic carbocycles. The minimum Gasteiger partial charge on any atom is -0.387 e. The van der Waals surface area contributed by atoms with Crippen molar-refractivity contribution in [1.82, 2.24) is 14.5 Å². The van der Waals surface area contributed by atoms with Gasteiger partial charge in [-0.3, -0.25) is 4.57 Å². The number of halogens is 1. The van der Waals surface area contributed by atoms with Crippen LogP contribution >= 0.6 is 19.2 Å². The van der Waals surface area contributed by atoms with Crippen molar-refractivity contribution >= 4 is 36.0 Å². The number of aryl methyl sites for hydroxylation is 1. The molecule has 0 radical (unpaired) electrons. The molecule has 1 aliphatic carbocycles. The maximum absolute atomic E-state index is 11.0. The number of nitrogens with zero attached hydrogens (tertiary/aromatic N) is 3. The maximum Gasteiger partial charge on any atom is 0.350 e. The Morgan fingerprint density at radius 1 is 1.29 bits per heavy atom. The number of nitrogens with one attached hydrogen (secondary N) is 1. The van der Waals surface area contributed by atoms with Gasteiger partial charge < -0.3 is 39.4 Å². The average Bonchev–Trinajstić information content (AvgIpc) is 3.36. The summed E-state index contributed by atoms with van der Waals surface area (Å²) in [5, 5.41) is 25.2. The van der Waals surface area contributed by atoms with Crippen molar-refractivity contribution in [3.8, 4) is 0 Å². The van der Waals surface area contributed by atoms with Gasteiger partial charge >= 0.3 is 7.60 Å². The van der Waals surface area contributed by atoms with E-state index >= 15 is 0 Å². The van der Waals surface area contributed by atoms with Crippen molar-refractivity contribution in [2.45, 2.75) is 63.2 Å². The molecule has 1 saturated heterocycles. The molecule has 2 fully saturated rings. The molecule has 13 heteroatoms. The van der Waals surface area contributed by atoms with Crippen molar-refractivity contribution in [2.24, 2.45) is 0 Å². The summed E-state index contributed by atoms with van der Waals surface area (Å²) in [5.74, 6) is 0.618. The molecule has 3 heterocycles. The zero-order valence-corrected chi connectivity index (χ0v) is 18.5. The molecule has 5 N–H and O–H groups in total. The number of aliphatic hydroxyl groups excluding tert-OH is 2. The van der Waals surface area contributed by atoms with Gasteiger partial charge in [-0.05, 0) is 36.9 Å². The van der Waals surface area contributed by atoms with E-state index in [0.29, 0.717) is 17.5 Å². The molecule has 1 saturated carbocycles. The highest BCUT2D eigenvalue weighted by molar-refractivity contribution is 7.51. The molecule has 1 aliphatic heterocycles. The average molecular weight is 477 g/mol. The van der Waals surface area contributed by atoms with Crippen LogP contribution in [0.1, 0.15) is 37.5 Å². The van der Waals surface area contributed by atoms with E-state index in [4.69, 9.17) is 30.9 Å². The number of anilines is 1. The van der Waals surface area contributed by atoms with Gasteiger partial charge in [-0.2, -0.15) is 4.98 Å². The number of ether oxygens (including phenoxy) is 2. The lowest BCUT2D eigenvalue weighted by molar-refractivity contribution is -0.0611. The molecule has 2 aromatic heterocycles. The minimum atomic E-state index is -4.35. The van der Waals surface area contributed by atoms with Crippen molar-refractivity contribution < 1.29 is 34.0 Å². The predicted octanol–water partition coefficient (Wildman–Crippen LogP) is 1.52. The van der Waals surface area contributed by atoms with Gasteiger partial charge in [0.25, 0.3) is 0 Å². The van der Waals surface area contributed by atoms with Crippen LogP contribution in [0.2, 0.25) is 5.28 Å². The van der Waals surface area contributed by atoms with E-state index in [1.165, 1.54) is 0 Å². The number of hydrogen-bond donors (Lipinski definition) is 5. The zero-order chi connectivity index (χ0) is 22.3. The molecule has 4 rings (SSSR count). The highest BCUT2D eigenvalue weighted by Crippen LogP contribution is 2.38. The van der Waals surface area contributed by atoms with Gasteiger partial charge in [-0.15, -0.1) is 0 Å². The largest absolute Gasteiger partial charge is 0.387 e. The summed E-state index contributed by atoms with van der Waals surface area (Å²) in [5.41, 5.74) is 1.30. The Balaban J connectivity index is 1.60. The molecule has 2 aromatic rings. The molecule has 172 valence electrons. The van der Waals surface area contributed by atoms with E-state index in [2.05, 4.69) is 15.3 Å². The van der Waals surface area contributed by atoms with Crippen molar-refractivity contribution in [3.63, 3.8) is 0 Å². The lowest BCUT2D eigenvalue weighted by atomic mass is 10.1. The van der Waals surface area contributed by atoms with Gasteiger partial charge in [-0.25, -0.2) is 4.98 Å². The Labute approximate surface area is 183 Å². The SMILES string of the molecule is Cc1cn([C@@H]2O[C@H](COCP(=O)(O)O)[C@@H](O)[C@H]2O)c2nc(Cl)nc(NC3CCCC3)c12. The summed E-state index contributed by atoms with van der Waals surface area (Å²) in [6.45, 7) is 1.59. The number of rotatable bonds is 7. The van der Waals surface area contributed by atoms with E-state index in [-0.39, 0.29) is 11.9 Å². The fourth-order valence-electron chi connectivity index (χ4n) is 4.25. The third-order valence-corrected chi connectivity index (χ3v) is 6.37. The zero-order valence-electron chi connectivity index (χ0n) is 16.9. The Bertz CT molecular complexity index is 993. The number of fused-ring (bicyclic) bond motifs is 1. The summed E-state index contributed by atoms with van der Waals surface area (Å²) < 4.78 is 23.3. The van der Waals surface area contributed by atoms with Crippen LogP contribution in [0.5, 0.6) is 0 Å². The lowest BCUT2D eigenvalue weighted by Crippen LogP contribution is -2.33. The molecule has 0 unspecified atom stereocenters. The summed E-state index contributed by atoms with van der Waals surface area (Å²) in [4.78, 5) is 26.5. The van der Waals surface area contributed by atoms with E-state index in [1.54, 1.807) is 10.8 Å². The van der Waals surface area contributed by atoms with Crippen molar-refractivity contribution in [1.29, 1.82) is 0 Å². The highest BCUT2D eigenvalue weighted by Gasteiger charge is 2.44. The Kier molecular flexibility index (Phi) is 6.58. The first kappa shape index (κ1) is 22.9. The van der Waals surface area contributed by atoms with Crippen LogP contribution in [0.3, 0.4) is 0 Å². The third-order valence-electron chi connectivity index (χ3n) is 5.68. The summed E-state index contributed by atoms with van der Waals surface area (Å²) >= 11 is 6.18. The first-order valence-corrected chi connectivity index (χ1v) is 12.3. The first-order valence-electron chi connectivity index (χ1n) is 10.1. The third kappa shape index (κ3) is 4.89. The molecular weight excluding hydrogens is 451 g/mol. The quantitative estimate of drug-likeness (QED) is 0.293. The number of aliphatic hydroxyl groups is 2. The van der Waals surface area contributed by atoms with Crippen LogP contribution in [0.25, 0.3) is 11.0 Å². The molecule has 4 atom stereocenters. The van der Waals surface area contributed by atoms with Crippen LogP contribution in [0.15, 0.2) is 6.20 Å². The number of aromatic nitrogens is 3. The summed E-state index contributed by atoms with van der Waals surface area (Å²) in [7, 11) is -4.35. The van der Waals surface area contributed by atoms with Crippen molar-refractivity contribution in [3.05, 3.63) is 17.0 Å². The second kappa shape index (κ2) is 8.92. The van der Waals surface area contributed by atoms with Gasteiger partial charge in [-0.1, -0.05) is 12.8 Å². The van der Waals surface area contributed by atoms with Gasteiger partial charge in [0.2, 0.25) is 5.28 Å². The fraction of sp³-hybridized carbons (Fsp3) is 0.667. The standard InChI is InChI=1S/C18H26ClN4O7P/c1-9-6-23(17-14(25)13(24)11(30-17)7-29-8-31(26,27)28)16-12(9)15(21-18(19)22-16)20-10-4-2-3-5-10/h6,10-11,13-14,17,24-25H,2-5,7-8H2,1H3,(H,20,21,22)(H2,26,27,28)/t11-,13-,14-,17-/m1/s1. The molecule has 0 amide bonds. The summed E-state index contributed by atoms with van der Waals surface area (Å²) in [6, 6.07) is 0.308. The minimum absolute atomic E-state index is 0.0434. The van der Waals surface area contributed by atoms with Crippen LogP contribution in [0, 0.1) is 6.92 Å². The monoisotopic (exact) mass is 476 g/mol. The second-order valence-corrected chi connectivity index (χ2v) is 10.0. The Morgan fingerprint density at radius 3 is 2.68 bits per heavy atom. The van der Waals surface area contributed by atoms with Crippen LogP contribution < -0.4 is 5.32 Å². The van der Waals surface area contributed by atoms with Crippen LogP contribution in [0.4, 0.5) is 5.82 Å². The molecule has 31 heavy (non-hydrogen) atoms. The van der Waals surface area contributed by atoms with Crippen LogP contribution in [-0.2, 0) is 14.0 Å². The van der Waals surface area contributed by atoms with Crippen LogP contribution in [-0.4, -0.2) is 71.8 Å². The maximum atomic E-state index is 11.0. The topological polar surface area (TPSA) is 159 Å². The lowest BCUT2D eigenvalue weighted by Gasteiger charge is -2.18. The molecule has 2 aliphatic rings. The highest BCUT2D eigenvalue weighted by atomic mass is 35.5. The number of hydrogen-bond acceptors (Lipinski definition) is 8. The van der Waals surface area contributed by atoms with Gasteiger partial charge in [0.05, 0.1) is 12.0 Å². The van der Waals surface area contributed by atoms with E-state index in [1.807, 2.05) is 6.92 Å². The Hall–Kier alpha value is -1.30. The van der Waals surface area contributed by atoms with E-state index in [9.17, 15) is 14.8 Å². The van der Waals surface area contributed by atoms with Crippen molar-refractivity contribution in [2.75, 3.05) is 18.3 Å². The molecular formula is C18H26ClN4O7P. The summed E-state index contributed by atoms with van der Waals surface area (Å²) in [6.07, 6.45) is 0.784. The predicted molar refractivity (Wildman–Crippen MR) is 112 cm³/mol. The smallest absolute Gasteiger partial charge is 0.350 e. The van der Waals surface area contributed by atoms with Gasteiger partial charge in [0.15, 0.2) is 6.23 Å². The van der Waals surface area contributed by atoms with Gasteiger partial charge in [0, 0.05) is 12.2 Å². The molecule has 0 bridgehead atoms. The molecule has 0 spiro atoms. The fourth-order valence-corrected chi connectivity index (χ4v) is 4.76. The van der Waals surface area contributed by atoms with E-state index in [0.717, 1.165) is 36.6 Å². The first-order chi connectivity index (χ1) is 14.6. The second-order valence-electron chi connectivity index (χ2n) is 8.10.